The molecule has 42 heavy (non-hydrogen) atoms. The van der Waals surface area contributed by atoms with Crippen molar-refractivity contribution in [3.63, 3.8) is 0 Å². The molecule has 224 valence electrons. The molecule has 1 heterocycles. The smallest absolute Gasteiger partial charge is 0.295 e. The predicted molar refractivity (Wildman–Crippen MR) is 164 cm³/mol. The molecule has 1 saturated heterocycles. The SMILES string of the molecule is CCc1ccc(ON(c2ccccc2)S(=O)(=O)c2ccc(C(=O)NCC(=O)NCC3CCNCC3)cc2)c(CC)c1N. The number of rotatable bonds is 12. The molecule has 0 saturated carbocycles. The number of piperidine rings is 1. The third kappa shape index (κ3) is 7.40. The molecule has 1 aliphatic rings. The Labute approximate surface area is 247 Å². The van der Waals surface area contributed by atoms with E-state index >= 15 is 0 Å². The normalized spacial score (nSPS) is 13.8. The lowest BCUT2D eigenvalue weighted by molar-refractivity contribution is -0.120. The molecule has 3 aromatic carbocycles. The molecule has 2 amide bonds. The second-order valence-corrected chi connectivity index (χ2v) is 11.9. The van der Waals surface area contributed by atoms with Crippen LogP contribution in [0.25, 0.3) is 0 Å². The number of carbonyl (C=O) groups excluding carboxylic acids is 2. The van der Waals surface area contributed by atoms with E-state index < -0.39 is 15.9 Å². The first-order valence-electron chi connectivity index (χ1n) is 14.3. The van der Waals surface area contributed by atoms with Crippen molar-refractivity contribution < 1.29 is 22.8 Å². The number of hydrogen-bond donors (Lipinski definition) is 4. The zero-order valence-electron chi connectivity index (χ0n) is 24.1. The van der Waals surface area contributed by atoms with E-state index in [2.05, 4.69) is 16.0 Å². The van der Waals surface area contributed by atoms with Crippen LogP contribution in [0.2, 0.25) is 0 Å². The maximum absolute atomic E-state index is 13.9. The Morgan fingerprint density at radius 1 is 0.952 bits per heavy atom. The number of nitrogens with zero attached hydrogens (tertiary/aromatic N) is 1. The molecule has 3 aromatic rings. The van der Waals surface area contributed by atoms with Gasteiger partial charge in [-0.25, -0.2) is 0 Å². The third-order valence-corrected chi connectivity index (χ3v) is 8.97. The fraction of sp³-hybridized carbons (Fsp3) is 0.355. The van der Waals surface area contributed by atoms with Crippen molar-refractivity contribution >= 4 is 33.2 Å². The van der Waals surface area contributed by atoms with Gasteiger partial charge in [-0.05, 0) is 92.7 Å². The van der Waals surface area contributed by atoms with Crippen LogP contribution >= 0.6 is 0 Å². The number of para-hydroxylation sites is 1. The van der Waals surface area contributed by atoms with Gasteiger partial charge in [0.2, 0.25) is 5.91 Å². The molecular formula is C31H39N5O5S. The molecule has 0 bridgehead atoms. The van der Waals surface area contributed by atoms with Crippen LogP contribution in [0.5, 0.6) is 5.75 Å². The summed E-state index contributed by atoms with van der Waals surface area (Å²) in [6.45, 7) is 6.23. The van der Waals surface area contributed by atoms with E-state index in [1.165, 1.54) is 24.3 Å². The molecule has 11 heteroatoms. The summed E-state index contributed by atoms with van der Waals surface area (Å²) in [4.78, 5) is 30.9. The molecule has 5 N–H and O–H groups in total. The average molecular weight is 594 g/mol. The molecule has 0 aliphatic carbocycles. The molecule has 0 spiro atoms. The molecular weight excluding hydrogens is 554 g/mol. The molecule has 10 nitrogen and oxygen atoms in total. The minimum absolute atomic E-state index is 0.0705. The Kier molecular flexibility index (Phi) is 10.4. The van der Waals surface area contributed by atoms with Gasteiger partial charge in [0.05, 0.1) is 17.1 Å². The van der Waals surface area contributed by atoms with Gasteiger partial charge >= 0.3 is 0 Å². The van der Waals surface area contributed by atoms with Crippen LogP contribution in [0.4, 0.5) is 11.4 Å². The highest BCUT2D eigenvalue weighted by Crippen LogP contribution is 2.33. The number of carbonyl (C=O) groups is 2. The van der Waals surface area contributed by atoms with E-state index in [9.17, 15) is 18.0 Å². The first-order chi connectivity index (χ1) is 20.2. The van der Waals surface area contributed by atoms with Gasteiger partial charge in [-0.1, -0.05) is 42.6 Å². The van der Waals surface area contributed by atoms with Crippen LogP contribution in [0, 0.1) is 5.92 Å². The Balaban J connectivity index is 1.48. The number of sulfonamides is 1. The second kappa shape index (κ2) is 14.2. The number of hydrogen-bond acceptors (Lipinski definition) is 7. The Morgan fingerprint density at radius 2 is 1.64 bits per heavy atom. The molecule has 0 radical (unpaired) electrons. The first-order valence-corrected chi connectivity index (χ1v) is 15.7. The van der Waals surface area contributed by atoms with Gasteiger partial charge in [0.1, 0.15) is 0 Å². The van der Waals surface area contributed by atoms with E-state index in [0.29, 0.717) is 36.0 Å². The molecule has 4 rings (SSSR count). The van der Waals surface area contributed by atoms with Crippen molar-refractivity contribution in [3.8, 4) is 5.75 Å². The number of benzene rings is 3. The van der Waals surface area contributed by atoms with Crippen molar-refractivity contribution in [2.75, 3.05) is 36.4 Å². The number of amides is 2. The van der Waals surface area contributed by atoms with Crippen molar-refractivity contribution in [2.45, 2.75) is 44.4 Å². The van der Waals surface area contributed by atoms with E-state index in [4.69, 9.17) is 10.6 Å². The minimum Gasteiger partial charge on any atom is -0.398 e. The van der Waals surface area contributed by atoms with Crippen LogP contribution in [0.1, 0.15) is 48.2 Å². The molecule has 0 atom stereocenters. The summed E-state index contributed by atoms with van der Waals surface area (Å²) in [5, 5.41) is 8.75. The molecule has 0 aromatic heterocycles. The van der Waals surface area contributed by atoms with Crippen LogP contribution in [-0.2, 0) is 27.7 Å². The van der Waals surface area contributed by atoms with Crippen molar-refractivity contribution in [3.05, 3.63) is 83.4 Å². The summed E-state index contributed by atoms with van der Waals surface area (Å²) in [5.74, 6) is 0.0255. The predicted octanol–water partition coefficient (Wildman–Crippen LogP) is 3.43. The highest BCUT2D eigenvalue weighted by atomic mass is 32.2. The van der Waals surface area contributed by atoms with E-state index in [0.717, 1.165) is 47.9 Å². The summed E-state index contributed by atoms with van der Waals surface area (Å²) in [5.41, 5.74) is 9.15. The standard InChI is InChI=1S/C31H39N5O5S/c1-3-23-12-15-28(27(4-2)30(23)32)41-36(25-8-6-5-7-9-25)42(39,40)26-13-10-24(11-14-26)31(38)35-21-29(37)34-20-22-16-18-33-19-17-22/h5-15,22,33H,3-4,16-21,32H2,1-2H3,(H,34,37)(H,35,38). The van der Waals surface area contributed by atoms with Gasteiger partial charge in [0, 0.05) is 23.4 Å². The highest BCUT2D eigenvalue weighted by Gasteiger charge is 2.29. The van der Waals surface area contributed by atoms with Gasteiger partial charge in [0.15, 0.2) is 5.75 Å². The number of nitrogens with one attached hydrogen (secondary N) is 3. The zero-order valence-corrected chi connectivity index (χ0v) is 24.9. The van der Waals surface area contributed by atoms with Gasteiger partial charge in [-0.2, -0.15) is 8.42 Å². The largest absolute Gasteiger partial charge is 0.398 e. The lowest BCUT2D eigenvalue weighted by Crippen LogP contribution is -2.40. The summed E-state index contributed by atoms with van der Waals surface area (Å²) in [6.07, 6.45) is 3.31. The summed E-state index contributed by atoms with van der Waals surface area (Å²) in [7, 11) is -4.22. The fourth-order valence-corrected chi connectivity index (χ4v) is 6.12. The van der Waals surface area contributed by atoms with Gasteiger partial charge in [0.25, 0.3) is 15.9 Å². The minimum atomic E-state index is -4.22. The highest BCUT2D eigenvalue weighted by molar-refractivity contribution is 7.92. The fourth-order valence-electron chi connectivity index (χ4n) is 4.87. The van der Waals surface area contributed by atoms with E-state index in [-0.39, 0.29) is 22.9 Å². The van der Waals surface area contributed by atoms with Crippen LogP contribution < -0.4 is 31.0 Å². The maximum Gasteiger partial charge on any atom is 0.295 e. The number of aryl methyl sites for hydroxylation is 1. The lowest BCUT2D eigenvalue weighted by atomic mass is 9.98. The molecule has 1 fully saturated rings. The quantitative estimate of drug-likeness (QED) is 0.186. The maximum atomic E-state index is 13.9. The summed E-state index contributed by atoms with van der Waals surface area (Å²) in [6, 6.07) is 17.5. The first kappa shape index (κ1) is 30.9. The monoisotopic (exact) mass is 593 g/mol. The Morgan fingerprint density at radius 3 is 2.29 bits per heavy atom. The zero-order chi connectivity index (χ0) is 30.1. The van der Waals surface area contributed by atoms with Crippen molar-refractivity contribution in [1.29, 1.82) is 0 Å². The van der Waals surface area contributed by atoms with Crippen LogP contribution in [-0.4, -0.2) is 46.4 Å². The summed E-state index contributed by atoms with van der Waals surface area (Å²) >= 11 is 0. The molecule has 1 aliphatic heterocycles. The second-order valence-electron chi connectivity index (χ2n) is 10.2. The van der Waals surface area contributed by atoms with Crippen LogP contribution in [0.3, 0.4) is 0 Å². The van der Waals surface area contributed by atoms with E-state index in [1.54, 1.807) is 36.4 Å². The Bertz CT molecular complexity index is 1470. The van der Waals surface area contributed by atoms with Crippen molar-refractivity contribution in [2.24, 2.45) is 5.92 Å². The molecule has 0 unspecified atom stereocenters. The van der Waals surface area contributed by atoms with Crippen molar-refractivity contribution in [1.82, 2.24) is 16.0 Å². The van der Waals surface area contributed by atoms with Crippen LogP contribution in [0.15, 0.2) is 71.6 Å². The Hall–Kier alpha value is -4.09. The lowest BCUT2D eigenvalue weighted by Gasteiger charge is -2.26. The summed E-state index contributed by atoms with van der Waals surface area (Å²) < 4.78 is 28.6. The van der Waals surface area contributed by atoms with E-state index in [1.807, 2.05) is 19.9 Å². The topological polar surface area (TPSA) is 143 Å². The van der Waals surface area contributed by atoms with Gasteiger partial charge < -0.3 is 26.5 Å². The van der Waals surface area contributed by atoms with Gasteiger partial charge in [-0.3, -0.25) is 9.59 Å². The number of nitrogen functional groups attached to an aromatic ring is 1. The number of anilines is 2. The average Bonchev–Trinajstić information content (AvgIpc) is 3.02. The van der Waals surface area contributed by atoms with Gasteiger partial charge in [-0.15, -0.1) is 0 Å². The third-order valence-electron chi connectivity index (χ3n) is 7.38. The number of nitrogens with two attached hydrogens (primary N) is 1.